The van der Waals surface area contributed by atoms with Crippen LogP contribution in [0.4, 0.5) is 4.39 Å². The van der Waals surface area contributed by atoms with Crippen molar-refractivity contribution in [1.82, 2.24) is 10.2 Å². The van der Waals surface area contributed by atoms with Crippen molar-refractivity contribution in [2.45, 2.75) is 18.9 Å². The van der Waals surface area contributed by atoms with Gasteiger partial charge >= 0.3 is 0 Å². The van der Waals surface area contributed by atoms with E-state index in [1.807, 2.05) is 11.9 Å². The van der Waals surface area contributed by atoms with E-state index in [1.54, 1.807) is 0 Å². The Morgan fingerprint density at radius 2 is 2.32 bits per heavy atom. The van der Waals surface area contributed by atoms with E-state index in [-0.39, 0.29) is 30.2 Å². The first-order valence-corrected chi connectivity index (χ1v) is 6.83. The highest BCUT2D eigenvalue weighted by Gasteiger charge is 2.29. The van der Waals surface area contributed by atoms with Gasteiger partial charge < -0.3 is 10.2 Å². The van der Waals surface area contributed by atoms with Gasteiger partial charge in [-0.15, -0.1) is 12.4 Å². The molecule has 1 aromatic carbocycles. The predicted molar refractivity (Wildman–Crippen MR) is 79.3 cm³/mol. The smallest absolute Gasteiger partial charge is 0.255 e. The third-order valence-corrected chi connectivity index (χ3v) is 3.90. The summed E-state index contributed by atoms with van der Waals surface area (Å²) in [5.74, 6) is -0.369. The maximum atomic E-state index is 13.0. The number of hydrogen-bond donors (Lipinski definition) is 1. The summed E-state index contributed by atoms with van der Waals surface area (Å²) in [5.41, 5.74) is 0.527. The van der Waals surface area contributed by atoms with Crippen LogP contribution in [-0.2, 0) is 0 Å². The molecule has 0 saturated carbocycles. The third kappa shape index (κ3) is 3.68. The SMILES string of the molecule is CNCC1CCCN1C(=O)c1ccc(F)cc1Br.Cl. The number of halogens is 3. The van der Waals surface area contributed by atoms with Crippen LogP contribution in [-0.4, -0.2) is 37.0 Å². The highest BCUT2D eigenvalue weighted by molar-refractivity contribution is 9.10. The van der Waals surface area contributed by atoms with E-state index in [1.165, 1.54) is 18.2 Å². The Bertz CT molecular complexity index is 458. The minimum atomic E-state index is -0.341. The lowest BCUT2D eigenvalue weighted by atomic mass is 10.1. The second-order valence-electron chi connectivity index (χ2n) is 4.48. The number of carbonyl (C=O) groups is 1. The highest BCUT2D eigenvalue weighted by Crippen LogP contribution is 2.24. The average Bonchev–Trinajstić information content (AvgIpc) is 2.77. The molecule has 0 radical (unpaired) electrons. The van der Waals surface area contributed by atoms with E-state index in [2.05, 4.69) is 21.2 Å². The Morgan fingerprint density at radius 1 is 1.58 bits per heavy atom. The van der Waals surface area contributed by atoms with Gasteiger partial charge in [0.05, 0.1) is 5.56 Å². The molecule has 1 aliphatic heterocycles. The van der Waals surface area contributed by atoms with E-state index in [0.29, 0.717) is 10.0 Å². The molecule has 1 heterocycles. The molecular weight excluding hydrogens is 335 g/mol. The topological polar surface area (TPSA) is 32.3 Å². The molecule has 2 rings (SSSR count). The van der Waals surface area contributed by atoms with E-state index >= 15 is 0 Å². The number of nitrogens with zero attached hydrogens (tertiary/aromatic N) is 1. The van der Waals surface area contributed by atoms with Crippen molar-refractivity contribution in [3.8, 4) is 0 Å². The van der Waals surface area contributed by atoms with Crippen molar-refractivity contribution < 1.29 is 9.18 Å². The quantitative estimate of drug-likeness (QED) is 0.908. The average molecular weight is 352 g/mol. The van der Waals surface area contributed by atoms with E-state index in [4.69, 9.17) is 0 Å². The van der Waals surface area contributed by atoms with Crippen molar-refractivity contribution in [2.75, 3.05) is 20.1 Å². The molecule has 0 aromatic heterocycles. The minimum Gasteiger partial charge on any atom is -0.334 e. The molecule has 0 aliphatic carbocycles. The van der Waals surface area contributed by atoms with Gasteiger partial charge in [-0.2, -0.15) is 0 Å². The van der Waals surface area contributed by atoms with Crippen molar-refractivity contribution in [3.05, 3.63) is 34.1 Å². The molecule has 3 nitrogen and oxygen atoms in total. The van der Waals surface area contributed by atoms with Gasteiger partial charge in [0.15, 0.2) is 0 Å². The van der Waals surface area contributed by atoms with Crippen molar-refractivity contribution in [2.24, 2.45) is 0 Å². The van der Waals surface area contributed by atoms with Gasteiger partial charge in [-0.3, -0.25) is 4.79 Å². The molecule has 1 N–H and O–H groups in total. The number of likely N-dealkylation sites (N-methyl/N-ethyl adjacent to an activating group) is 1. The van der Waals surface area contributed by atoms with Crippen molar-refractivity contribution >= 4 is 34.2 Å². The number of carbonyl (C=O) groups excluding carboxylic acids is 1. The number of rotatable bonds is 3. The second-order valence-corrected chi connectivity index (χ2v) is 5.33. The number of hydrogen-bond acceptors (Lipinski definition) is 2. The number of amides is 1. The molecular formula is C13H17BrClFN2O. The minimum absolute atomic E-state index is 0. The molecule has 106 valence electrons. The lowest BCUT2D eigenvalue weighted by Gasteiger charge is -2.25. The van der Waals surface area contributed by atoms with Gasteiger partial charge in [-0.25, -0.2) is 4.39 Å². The van der Waals surface area contributed by atoms with Crippen LogP contribution in [0.15, 0.2) is 22.7 Å². The number of benzene rings is 1. The molecule has 1 saturated heterocycles. The zero-order chi connectivity index (χ0) is 13.1. The summed E-state index contributed by atoms with van der Waals surface area (Å²) < 4.78 is 13.5. The van der Waals surface area contributed by atoms with Crippen molar-refractivity contribution in [3.63, 3.8) is 0 Å². The summed E-state index contributed by atoms with van der Waals surface area (Å²) in [6, 6.07) is 4.42. The van der Waals surface area contributed by atoms with Crippen LogP contribution in [0.25, 0.3) is 0 Å². The van der Waals surface area contributed by atoms with Crippen LogP contribution < -0.4 is 5.32 Å². The zero-order valence-corrected chi connectivity index (χ0v) is 13.1. The van der Waals surface area contributed by atoms with Gasteiger partial charge in [0, 0.05) is 23.6 Å². The molecule has 1 aromatic rings. The van der Waals surface area contributed by atoms with Gasteiger partial charge in [0.25, 0.3) is 5.91 Å². The Hall–Kier alpha value is -0.650. The van der Waals surface area contributed by atoms with Crippen LogP contribution in [0.2, 0.25) is 0 Å². The van der Waals surface area contributed by atoms with E-state index in [9.17, 15) is 9.18 Å². The van der Waals surface area contributed by atoms with Gasteiger partial charge in [-0.05, 0) is 54.0 Å². The standard InChI is InChI=1S/C13H16BrFN2O.ClH/c1-16-8-10-3-2-6-17(10)13(18)11-5-4-9(15)7-12(11)14;/h4-5,7,10,16H,2-3,6,8H2,1H3;1H. The van der Waals surface area contributed by atoms with Crippen LogP contribution in [0, 0.1) is 5.82 Å². The molecule has 1 amide bonds. The molecule has 1 atom stereocenters. The first kappa shape index (κ1) is 16.4. The first-order chi connectivity index (χ1) is 8.63. The third-order valence-electron chi connectivity index (χ3n) is 3.24. The number of likely N-dealkylation sites (tertiary alicyclic amines) is 1. The lowest BCUT2D eigenvalue weighted by molar-refractivity contribution is 0.0736. The van der Waals surface area contributed by atoms with Crippen LogP contribution >= 0.6 is 28.3 Å². The molecule has 0 spiro atoms. The Kier molecular flexibility index (Phi) is 6.23. The largest absolute Gasteiger partial charge is 0.334 e. The molecule has 6 heteroatoms. The van der Waals surface area contributed by atoms with Crippen LogP contribution in [0.3, 0.4) is 0 Å². The summed E-state index contributed by atoms with van der Waals surface area (Å²) in [4.78, 5) is 14.3. The fourth-order valence-electron chi connectivity index (χ4n) is 2.37. The van der Waals surface area contributed by atoms with Crippen LogP contribution in [0.5, 0.6) is 0 Å². The fourth-order valence-corrected chi connectivity index (χ4v) is 2.89. The van der Waals surface area contributed by atoms with E-state index < -0.39 is 0 Å². The summed E-state index contributed by atoms with van der Waals surface area (Å²) in [5, 5.41) is 3.10. The lowest BCUT2D eigenvalue weighted by Crippen LogP contribution is -2.40. The summed E-state index contributed by atoms with van der Waals surface area (Å²) in [6.07, 6.45) is 2.04. The Labute approximate surface area is 127 Å². The second kappa shape index (κ2) is 7.22. The summed E-state index contributed by atoms with van der Waals surface area (Å²) in [6.45, 7) is 1.57. The van der Waals surface area contributed by atoms with Gasteiger partial charge in [-0.1, -0.05) is 0 Å². The summed E-state index contributed by atoms with van der Waals surface area (Å²) in [7, 11) is 1.88. The zero-order valence-electron chi connectivity index (χ0n) is 10.7. The normalized spacial score (nSPS) is 18.3. The van der Waals surface area contributed by atoms with Gasteiger partial charge in [0.2, 0.25) is 0 Å². The highest BCUT2D eigenvalue weighted by atomic mass is 79.9. The Balaban J connectivity index is 0.00000180. The van der Waals surface area contributed by atoms with Gasteiger partial charge in [0.1, 0.15) is 5.82 Å². The summed E-state index contributed by atoms with van der Waals surface area (Å²) >= 11 is 3.25. The van der Waals surface area contributed by atoms with Crippen molar-refractivity contribution in [1.29, 1.82) is 0 Å². The maximum absolute atomic E-state index is 13.0. The Morgan fingerprint density at radius 3 is 2.95 bits per heavy atom. The number of nitrogens with one attached hydrogen (secondary N) is 1. The fraction of sp³-hybridized carbons (Fsp3) is 0.462. The molecule has 1 unspecified atom stereocenters. The van der Waals surface area contributed by atoms with Crippen LogP contribution in [0.1, 0.15) is 23.2 Å². The molecule has 1 aliphatic rings. The first-order valence-electron chi connectivity index (χ1n) is 6.04. The molecule has 19 heavy (non-hydrogen) atoms. The van der Waals surface area contributed by atoms with E-state index in [0.717, 1.165) is 25.9 Å². The molecule has 0 bridgehead atoms. The monoisotopic (exact) mass is 350 g/mol. The maximum Gasteiger partial charge on any atom is 0.255 e. The molecule has 1 fully saturated rings. The predicted octanol–water partition coefficient (Wildman–Crippen LogP) is 2.83.